The Morgan fingerprint density at radius 2 is 1.72 bits per heavy atom. The van der Waals surface area contributed by atoms with Crippen LogP contribution in [0.2, 0.25) is 0 Å². The van der Waals surface area contributed by atoms with Gasteiger partial charge in [0.05, 0.1) is 36.1 Å². The van der Waals surface area contributed by atoms with Gasteiger partial charge >= 0.3 is 6.18 Å². The topological polar surface area (TPSA) is 66.0 Å². The molecule has 2 heterocycles. The summed E-state index contributed by atoms with van der Waals surface area (Å²) in [4.78, 5) is 35.5. The van der Waals surface area contributed by atoms with Crippen molar-refractivity contribution in [3.8, 4) is 11.1 Å². The van der Waals surface area contributed by atoms with Crippen molar-refractivity contribution in [2.75, 3.05) is 49.7 Å². The standard InChI is InChI=1S/C33H37F6N4O3P/c1-20-12-25(34)6-7-26(20)27-16-29(43(19-44)9-8-42-10-11-46-18-21(42)2)40-17-28(27)41(5)30(45)31(3,4)22-13-23(32(35,36)37)15-24(14-22)33(38,39)47/h6-7,12-17,19,21H,8-11,18,47H2,1-5H3. The minimum absolute atomic E-state index is 0.156. The van der Waals surface area contributed by atoms with Crippen LogP contribution in [0, 0.1) is 12.7 Å². The third-order valence-corrected chi connectivity index (χ3v) is 8.80. The highest BCUT2D eigenvalue weighted by molar-refractivity contribution is 7.17. The van der Waals surface area contributed by atoms with E-state index in [0.717, 1.165) is 6.07 Å². The number of pyridine rings is 1. The molecule has 4 rings (SSSR count). The number of aromatic nitrogens is 1. The van der Waals surface area contributed by atoms with Crippen molar-refractivity contribution < 1.29 is 40.7 Å². The zero-order chi connectivity index (χ0) is 34.9. The Balaban J connectivity index is 1.77. The average molecular weight is 683 g/mol. The molecular weight excluding hydrogens is 645 g/mol. The summed E-state index contributed by atoms with van der Waals surface area (Å²) < 4.78 is 89.4. The summed E-state index contributed by atoms with van der Waals surface area (Å²) in [5.41, 5.74) is -6.28. The van der Waals surface area contributed by atoms with E-state index in [4.69, 9.17) is 4.74 Å². The number of aryl methyl sites for hydroxylation is 1. The Hall–Kier alpha value is -3.54. The second-order valence-electron chi connectivity index (χ2n) is 12.2. The van der Waals surface area contributed by atoms with Gasteiger partial charge < -0.3 is 9.64 Å². The molecule has 0 saturated carbocycles. The van der Waals surface area contributed by atoms with E-state index in [1.165, 1.54) is 64.3 Å². The maximum Gasteiger partial charge on any atom is 0.416 e. The van der Waals surface area contributed by atoms with Crippen LogP contribution >= 0.6 is 9.24 Å². The summed E-state index contributed by atoms with van der Waals surface area (Å²) in [6, 6.07) is 7.73. The molecule has 2 unspecified atom stereocenters. The van der Waals surface area contributed by atoms with Crippen LogP contribution in [0.3, 0.4) is 0 Å². The maximum atomic E-state index is 14.3. The zero-order valence-corrected chi connectivity index (χ0v) is 27.8. The van der Waals surface area contributed by atoms with Crippen LogP contribution < -0.4 is 9.80 Å². The molecule has 254 valence electrons. The van der Waals surface area contributed by atoms with E-state index < -0.39 is 40.1 Å². The molecule has 0 bridgehead atoms. The fourth-order valence-electron chi connectivity index (χ4n) is 5.55. The largest absolute Gasteiger partial charge is 0.416 e. The highest BCUT2D eigenvalue weighted by Crippen LogP contribution is 2.42. The molecule has 0 radical (unpaired) electrons. The highest BCUT2D eigenvalue weighted by Gasteiger charge is 2.40. The number of hydrogen-bond acceptors (Lipinski definition) is 5. The van der Waals surface area contributed by atoms with Crippen LogP contribution in [-0.4, -0.2) is 68.1 Å². The first-order valence-electron chi connectivity index (χ1n) is 14.8. The summed E-state index contributed by atoms with van der Waals surface area (Å²) in [7, 11) is 2.61. The minimum atomic E-state index is -4.94. The van der Waals surface area contributed by atoms with Gasteiger partial charge in [-0.15, -0.1) is 0 Å². The van der Waals surface area contributed by atoms with Crippen molar-refractivity contribution in [3.63, 3.8) is 0 Å². The van der Waals surface area contributed by atoms with E-state index in [-0.39, 0.29) is 23.1 Å². The maximum absolute atomic E-state index is 14.3. The lowest BCUT2D eigenvalue weighted by Gasteiger charge is -2.34. The summed E-state index contributed by atoms with van der Waals surface area (Å²) in [6.45, 7) is 9.05. The first-order valence-corrected chi connectivity index (χ1v) is 15.4. The molecule has 2 amide bonds. The number of halogens is 6. The Labute approximate surface area is 272 Å². The molecule has 1 fully saturated rings. The fraction of sp³-hybridized carbons (Fsp3) is 0.424. The van der Waals surface area contributed by atoms with Crippen LogP contribution in [0.15, 0.2) is 48.7 Å². The number of benzene rings is 2. The van der Waals surface area contributed by atoms with E-state index in [1.54, 1.807) is 13.0 Å². The van der Waals surface area contributed by atoms with Crippen LogP contribution in [0.25, 0.3) is 11.1 Å². The minimum Gasteiger partial charge on any atom is -0.379 e. The number of hydrogen-bond donors (Lipinski definition) is 0. The molecule has 1 aliphatic heterocycles. The van der Waals surface area contributed by atoms with Crippen LogP contribution in [-0.2, 0) is 31.6 Å². The number of morpholine rings is 1. The van der Waals surface area contributed by atoms with E-state index in [9.17, 15) is 35.9 Å². The number of alkyl halides is 5. The summed E-state index contributed by atoms with van der Waals surface area (Å²) >= 11 is 0. The summed E-state index contributed by atoms with van der Waals surface area (Å²) in [6.07, 6.45) is -2.95. The highest BCUT2D eigenvalue weighted by atomic mass is 31.0. The van der Waals surface area contributed by atoms with Gasteiger partial charge in [-0.25, -0.2) is 9.37 Å². The number of amides is 2. The lowest BCUT2D eigenvalue weighted by Crippen LogP contribution is -2.46. The van der Waals surface area contributed by atoms with E-state index >= 15 is 0 Å². The molecule has 2 aromatic carbocycles. The zero-order valence-electron chi connectivity index (χ0n) is 26.7. The van der Waals surface area contributed by atoms with Crippen LogP contribution in [0.4, 0.5) is 37.8 Å². The van der Waals surface area contributed by atoms with Gasteiger partial charge in [-0.2, -0.15) is 22.0 Å². The number of nitrogens with zero attached hydrogens (tertiary/aromatic N) is 4. The van der Waals surface area contributed by atoms with Crippen molar-refractivity contribution in [3.05, 3.63) is 76.7 Å². The molecule has 1 aromatic heterocycles. The van der Waals surface area contributed by atoms with Gasteiger partial charge in [0.25, 0.3) is 5.66 Å². The second kappa shape index (κ2) is 13.9. The predicted octanol–water partition coefficient (Wildman–Crippen LogP) is 6.76. The lowest BCUT2D eigenvalue weighted by molar-refractivity contribution is -0.138. The molecule has 0 N–H and O–H groups in total. The van der Waals surface area contributed by atoms with Gasteiger partial charge in [-0.05, 0) is 80.8 Å². The third-order valence-electron chi connectivity index (χ3n) is 8.47. The van der Waals surface area contributed by atoms with Crippen molar-refractivity contribution in [1.29, 1.82) is 0 Å². The van der Waals surface area contributed by atoms with Gasteiger partial charge in [0, 0.05) is 43.9 Å². The van der Waals surface area contributed by atoms with E-state index in [1.807, 2.05) is 6.92 Å². The lowest BCUT2D eigenvalue weighted by atomic mass is 9.81. The fourth-order valence-corrected chi connectivity index (χ4v) is 5.72. The quantitative estimate of drug-likeness (QED) is 0.134. The molecule has 7 nitrogen and oxygen atoms in total. The van der Waals surface area contributed by atoms with Gasteiger partial charge in [-0.3, -0.25) is 19.4 Å². The second-order valence-corrected chi connectivity index (χ2v) is 12.9. The molecular formula is C33H37F6N4O3P. The Bertz CT molecular complexity index is 1600. The molecule has 3 aromatic rings. The van der Waals surface area contributed by atoms with Crippen LogP contribution in [0.1, 0.15) is 43.0 Å². The van der Waals surface area contributed by atoms with Gasteiger partial charge in [-0.1, -0.05) is 15.3 Å². The Morgan fingerprint density at radius 3 is 2.32 bits per heavy atom. The first kappa shape index (κ1) is 36.3. The van der Waals surface area contributed by atoms with Crippen molar-refractivity contribution in [2.45, 2.75) is 51.0 Å². The van der Waals surface area contributed by atoms with Crippen molar-refractivity contribution in [2.24, 2.45) is 0 Å². The third kappa shape index (κ3) is 8.13. The normalized spacial score (nSPS) is 16.2. The molecule has 1 saturated heterocycles. The van der Waals surface area contributed by atoms with E-state index in [0.29, 0.717) is 68.1 Å². The number of anilines is 2. The van der Waals surface area contributed by atoms with Crippen molar-refractivity contribution in [1.82, 2.24) is 9.88 Å². The number of ether oxygens (including phenoxy) is 1. The molecule has 14 heteroatoms. The van der Waals surface area contributed by atoms with Crippen LogP contribution in [0.5, 0.6) is 0 Å². The Morgan fingerprint density at radius 1 is 1.06 bits per heavy atom. The Kier molecular flexibility index (Phi) is 10.7. The van der Waals surface area contributed by atoms with Crippen molar-refractivity contribution >= 4 is 33.1 Å². The smallest absolute Gasteiger partial charge is 0.379 e. The SMILES string of the molecule is Cc1cc(F)ccc1-c1cc(N(C=O)CCN2CCOCC2C)ncc1N(C)C(=O)C(C)(C)c1cc(C(F)(F)F)cc(C(F)(F)P)c1. The van der Waals surface area contributed by atoms with Gasteiger partial charge in [0.2, 0.25) is 12.3 Å². The predicted molar refractivity (Wildman–Crippen MR) is 171 cm³/mol. The summed E-state index contributed by atoms with van der Waals surface area (Å²) in [5, 5.41) is 0. The number of likely N-dealkylation sites (N-methyl/N-ethyl adjacent to an activating group) is 1. The molecule has 1 aliphatic rings. The number of carbonyl (C=O) groups excluding carboxylic acids is 2. The number of rotatable bonds is 10. The number of carbonyl (C=O) groups is 2. The molecule has 0 aliphatic carbocycles. The van der Waals surface area contributed by atoms with E-state index in [2.05, 4.69) is 9.88 Å². The molecule has 0 spiro atoms. The monoisotopic (exact) mass is 682 g/mol. The van der Waals surface area contributed by atoms with Gasteiger partial charge in [0.15, 0.2) is 0 Å². The first-order chi connectivity index (χ1) is 21.8. The van der Waals surface area contributed by atoms with Gasteiger partial charge in [0.1, 0.15) is 11.6 Å². The molecule has 2 atom stereocenters. The molecule has 47 heavy (non-hydrogen) atoms. The average Bonchev–Trinajstić information content (AvgIpc) is 3.00. The summed E-state index contributed by atoms with van der Waals surface area (Å²) in [5.74, 6) is -0.958.